The van der Waals surface area contributed by atoms with E-state index in [0.717, 1.165) is 12.0 Å². The molecule has 8 heteroatoms. The zero-order valence-electron chi connectivity index (χ0n) is 12.5. The molecule has 0 radical (unpaired) electrons. The first-order chi connectivity index (χ1) is 9.90. The summed E-state index contributed by atoms with van der Waals surface area (Å²) < 4.78 is 5.06. The summed E-state index contributed by atoms with van der Waals surface area (Å²) in [6.45, 7) is 5.33. The lowest BCUT2D eigenvalue weighted by molar-refractivity contribution is -0.151. The molecular weight excluding hydrogens is 294 g/mol. The molecule has 0 aliphatic carbocycles. The molecule has 0 rings (SSSR count). The molecule has 0 aliphatic heterocycles. The lowest BCUT2D eigenvalue weighted by Crippen LogP contribution is -2.43. The SMILES string of the molecule is CCSCC(=O)N[C@@H](CCC(=O)C=[N+]=[N-])C(=O)OC(C)C. The summed E-state index contributed by atoms with van der Waals surface area (Å²) in [5.41, 5.74) is 8.26. The third kappa shape index (κ3) is 9.81. The van der Waals surface area contributed by atoms with E-state index in [2.05, 4.69) is 10.1 Å². The van der Waals surface area contributed by atoms with E-state index < -0.39 is 17.8 Å². The average molecular weight is 315 g/mol. The summed E-state index contributed by atoms with van der Waals surface area (Å²) in [5.74, 6) is -0.255. The molecule has 21 heavy (non-hydrogen) atoms. The topological polar surface area (TPSA) is 109 Å². The highest BCUT2D eigenvalue weighted by Gasteiger charge is 2.24. The predicted octanol–water partition coefficient (Wildman–Crippen LogP) is 0.826. The number of nitrogens with one attached hydrogen (secondary N) is 1. The van der Waals surface area contributed by atoms with E-state index in [1.165, 1.54) is 11.8 Å². The monoisotopic (exact) mass is 315 g/mol. The minimum atomic E-state index is -0.881. The van der Waals surface area contributed by atoms with Crippen LogP contribution < -0.4 is 5.32 Å². The van der Waals surface area contributed by atoms with E-state index >= 15 is 0 Å². The molecule has 0 aromatic heterocycles. The maximum atomic E-state index is 11.9. The molecule has 0 saturated heterocycles. The van der Waals surface area contributed by atoms with Gasteiger partial charge in [0.25, 0.3) is 0 Å². The van der Waals surface area contributed by atoms with E-state index in [1.807, 2.05) is 6.92 Å². The molecule has 0 heterocycles. The lowest BCUT2D eigenvalue weighted by atomic mass is 10.1. The van der Waals surface area contributed by atoms with Crippen LogP contribution in [0, 0.1) is 0 Å². The summed E-state index contributed by atoms with van der Waals surface area (Å²) >= 11 is 1.43. The van der Waals surface area contributed by atoms with Gasteiger partial charge in [-0.2, -0.15) is 16.6 Å². The molecule has 1 amide bonds. The Bertz CT molecular complexity index is 420. The van der Waals surface area contributed by atoms with Gasteiger partial charge in [0.05, 0.1) is 11.9 Å². The summed E-state index contributed by atoms with van der Waals surface area (Å²) in [7, 11) is 0. The molecule has 0 aromatic carbocycles. The normalized spacial score (nSPS) is 11.4. The average Bonchev–Trinajstić information content (AvgIpc) is 2.40. The Morgan fingerprint density at radius 2 is 2.05 bits per heavy atom. The standard InChI is InChI=1S/C13H21N3O4S/c1-4-21-8-12(18)16-11(13(19)20-9(2)3)6-5-10(17)7-15-14/h7,9,11H,4-6,8H2,1-3H3,(H,16,18)/t11-/m0/s1. The van der Waals surface area contributed by atoms with Crippen molar-refractivity contribution in [1.29, 1.82) is 0 Å². The van der Waals surface area contributed by atoms with Crippen molar-refractivity contribution in [1.82, 2.24) is 5.32 Å². The molecule has 0 spiro atoms. The van der Waals surface area contributed by atoms with Crippen molar-refractivity contribution in [2.24, 2.45) is 0 Å². The van der Waals surface area contributed by atoms with Crippen LogP contribution in [0.4, 0.5) is 0 Å². The van der Waals surface area contributed by atoms with Gasteiger partial charge in [0.2, 0.25) is 11.7 Å². The van der Waals surface area contributed by atoms with Crippen LogP contribution in [0.3, 0.4) is 0 Å². The Hall–Kier alpha value is -1.66. The number of thioether (sulfide) groups is 1. The quantitative estimate of drug-likeness (QED) is 0.278. The van der Waals surface area contributed by atoms with Gasteiger partial charge in [-0.3, -0.25) is 9.59 Å². The number of rotatable bonds is 10. The summed E-state index contributed by atoms with van der Waals surface area (Å²) in [6, 6.07) is -0.881. The zero-order chi connectivity index (χ0) is 16.3. The third-order valence-corrected chi connectivity index (χ3v) is 3.16. The molecule has 0 fully saturated rings. The highest BCUT2D eigenvalue weighted by atomic mass is 32.2. The molecule has 0 saturated carbocycles. The number of esters is 1. The molecule has 7 nitrogen and oxygen atoms in total. The van der Waals surface area contributed by atoms with E-state index in [-0.39, 0.29) is 30.6 Å². The summed E-state index contributed by atoms with van der Waals surface area (Å²) in [6.07, 6.45) is 0.526. The van der Waals surface area contributed by atoms with Crippen molar-refractivity contribution in [2.75, 3.05) is 11.5 Å². The fraction of sp³-hybridized carbons (Fsp3) is 0.692. The maximum Gasteiger partial charge on any atom is 0.328 e. The van der Waals surface area contributed by atoms with Gasteiger partial charge in [0, 0.05) is 6.42 Å². The zero-order valence-corrected chi connectivity index (χ0v) is 13.3. The second kappa shape index (κ2) is 11.0. The lowest BCUT2D eigenvalue weighted by Gasteiger charge is -2.18. The second-order valence-corrected chi connectivity index (χ2v) is 5.77. The van der Waals surface area contributed by atoms with E-state index in [4.69, 9.17) is 10.3 Å². The first-order valence-corrected chi connectivity index (χ1v) is 7.84. The van der Waals surface area contributed by atoms with Crippen LogP contribution in [0.5, 0.6) is 0 Å². The fourth-order valence-corrected chi connectivity index (χ4v) is 1.88. The first kappa shape index (κ1) is 19.3. The second-order valence-electron chi connectivity index (χ2n) is 4.49. The van der Waals surface area contributed by atoms with Crippen molar-refractivity contribution < 1.29 is 23.9 Å². The van der Waals surface area contributed by atoms with Gasteiger partial charge in [0.15, 0.2) is 0 Å². The number of Topliss-reactive ketones (excluding diaryl/α,β-unsaturated/α-hetero) is 1. The van der Waals surface area contributed by atoms with Crippen LogP contribution in [-0.2, 0) is 19.1 Å². The molecule has 0 unspecified atom stereocenters. The molecule has 0 aliphatic rings. The van der Waals surface area contributed by atoms with Crippen molar-refractivity contribution in [3.63, 3.8) is 0 Å². The van der Waals surface area contributed by atoms with Crippen LogP contribution in [-0.4, -0.2) is 52.3 Å². The van der Waals surface area contributed by atoms with Gasteiger partial charge in [0.1, 0.15) is 6.04 Å². The first-order valence-electron chi connectivity index (χ1n) is 6.68. The molecule has 0 bridgehead atoms. The Kier molecular flexibility index (Phi) is 10.2. The maximum absolute atomic E-state index is 11.9. The highest BCUT2D eigenvalue weighted by Crippen LogP contribution is 2.05. The van der Waals surface area contributed by atoms with Crippen molar-refractivity contribution in [3.8, 4) is 0 Å². The van der Waals surface area contributed by atoms with Gasteiger partial charge < -0.3 is 15.6 Å². The van der Waals surface area contributed by atoms with E-state index in [0.29, 0.717) is 0 Å². The number of hydrogen-bond donors (Lipinski definition) is 1. The number of ketones is 1. The predicted molar refractivity (Wildman–Crippen MR) is 80.1 cm³/mol. The third-order valence-electron chi connectivity index (χ3n) is 2.29. The summed E-state index contributed by atoms with van der Waals surface area (Å²) in [5, 5.41) is 2.56. The Morgan fingerprint density at radius 3 is 2.57 bits per heavy atom. The minimum Gasteiger partial charge on any atom is -0.461 e. The number of carbonyl (C=O) groups is 3. The van der Waals surface area contributed by atoms with Gasteiger partial charge in [-0.15, -0.1) is 0 Å². The molecule has 1 N–H and O–H groups in total. The number of carbonyl (C=O) groups excluding carboxylic acids is 3. The van der Waals surface area contributed by atoms with E-state index in [1.54, 1.807) is 13.8 Å². The van der Waals surface area contributed by atoms with Crippen molar-refractivity contribution in [3.05, 3.63) is 5.53 Å². The van der Waals surface area contributed by atoms with Gasteiger partial charge in [-0.1, -0.05) is 6.92 Å². The van der Waals surface area contributed by atoms with Crippen molar-refractivity contribution in [2.45, 2.75) is 45.8 Å². The molecular formula is C13H21N3O4S. The summed E-state index contributed by atoms with van der Waals surface area (Å²) in [4.78, 5) is 37.5. The van der Waals surface area contributed by atoms with Crippen LogP contribution in [0.1, 0.15) is 33.6 Å². The molecule has 118 valence electrons. The highest BCUT2D eigenvalue weighted by molar-refractivity contribution is 7.99. The smallest absolute Gasteiger partial charge is 0.328 e. The fourth-order valence-electron chi connectivity index (χ4n) is 1.41. The minimum absolute atomic E-state index is 0.0247. The number of amides is 1. The number of hydrogen-bond acceptors (Lipinski definition) is 5. The van der Waals surface area contributed by atoms with Crippen LogP contribution >= 0.6 is 11.8 Å². The van der Waals surface area contributed by atoms with Gasteiger partial charge in [-0.25, -0.2) is 4.79 Å². The van der Waals surface area contributed by atoms with Crippen LogP contribution in [0.15, 0.2) is 0 Å². The van der Waals surface area contributed by atoms with Gasteiger partial charge in [-0.05, 0) is 26.0 Å². The Balaban J connectivity index is 4.60. The van der Waals surface area contributed by atoms with Crippen molar-refractivity contribution >= 4 is 35.6 Å². The van der Waals surface area contributed by atoms with E-state index in [9.17, 15) is 14.4 Å². The Morgan fingerprint density at radius 1 is 1.38 bits per heavy atom. The molecule has 1 atom stereocenters. The largest absolute Gasteiger partial charge is 0.461 e. The van der Waals surface area contributed by atoms with Gasteiger partial charge >= 0.3 is 12.2 Å². The number of ether oxygens (including phenoxy) is 1. The Labute approximate surface area is 128 Å². The van der Waals surface area contributed by atoms with Crippen LogP contribution in [0.2, 0.25) is 0 Å². The van der Waals surface area contributed by atoms with Crippen LogP contribution in [0.25, 0.3) is 5.53 Å². The molecule has 0 aromatic rings. The number of nitrogens with zero attached hydrogens (tertiary/aromatic N) is 2.